The highest BCUT2D eigenvalue weighted by Gasteiger charge is 2.11. The molecule has 0 saturated carbocycles. The molecule has 1 aliphatic rings. The average Bonchev–Trinajstić information content (AvgIpc) is 2.35. The zero-order chi connectivity index (χ0) is 8.27. The highest BCUT2D eigenvalue weighted by molar-refractivity contribution is 4.84. The minimum absolute atomic E-state index is 0.0890. The fraction of sp³-hybridized carbons (Fsp3) is 0.714. The van der Waals surface area contributed by atoms with E-state index >= 15 is 0 Å². The second-order valence-corrected chi connectivity index (χ2v) is 2.77. The van der Waals surface area contributed by atoms with Crippen molar-refractivity contribution < 1.29 is 4.84 Å². The molecule has 0 fully saturated rings. The molecule has 1 atom stereocenters. The van der Waals surface area contributed by atoms with Crippen molar-refractivity contribution in [3.8, 4) is 0 Å². The van der Waals surface area contributed by atoms with Crippen LogP contribution in [-0.2, 0) is 4.84 Å². The second kappa shape index (κ2) is 3.59. The Kier molecular flexibility index (Phi) is 2.73. The summed E-state index contributed by atoms with van der Waals surface area (Å²) >= 11 is 0. The van der Waals surface area contributed by atoms with E-state index in [1.165, 1.54) is 0 Å². The Morgan fingerprint density at radius 2 is 2.36 bits per heavy atom. The van der Waals surface area contributed by atoms with Crippen LogP contribution in [0, 0.1) is 0 Å². The summed E-state index contributed by atoms with van der Waals surface area (Å²) in [5.41, 5.74) is 5.40. The number of hydrogen-bond donors (Lipinski definition) is 1. The first-order chi connectivity index (χ1) is 5.22. The van der Waals surface area contributed by atoms with Crippen LogP contribution >= 0.6 is 0 Å². The Bertz CT molecular complexity index is 149. The molecule has 0 aliphatic carbocycles. The molecule has 11 heavy (non-hydrogen) atoms. The Morgan fingerprint density at radius 3 is 2.82 bits per heavy atom. The lowest BCUT2D eigenvalue weighted by Crippen LogP contribution is -2.30. The Hall–Kier alpha value is -0.740. The molecule has 0 aromatic rings. The lowest BCUT2D eigenvalue weighted by Gasteiger charge is -2.20. The smallest absolute Gasteiger partial charge is 0.115 e. The Labute approximate surface area is 67.2 Å². The zero-order valence-electron chi connectivity index (χ0n) is 7.03. The summed E-state index contributed by atoms with van der Waals surface area (Å²) in [6.07, 6.45) is 3.95. The van der Waals surface area contributed by atoms with Gasteiger partial charge in [0.15, 0.2) is 0 Å². The molecular weight excluding hydrogens is 142 g/mol. The van der Waals surface area contributed by atoms with Crippen molar-refractivity contribution in [1.29, 1.82) is 0 Å². The van der Waals surface area contributed by atoms with Crippen LogP contribution in [-0.4, -0.2) is 36.3 Å². The largest absolute Gasteiger partial charge is 0.360 e. The summed E-state index contributed by atoms with van der Waals surface area (Å²) in [6, 6.07) is 0. The van der Waals surface area contributed by atoms with E-state index in [-0.39, 0.29) is 6.10 Å². The van der Waals surface area contributed by atoms with E-state index in [1.54, 1.807) is 5.06 Å². The standard InChI is InChI=1S/C7H15N3O/c1-7(5-8)11-10-4-3-9(2)6-10/h3-4,7H,5-6,8H2,1-2H3. The van der Waals surface area contributed by atoms with Gasteiger partial charge in [-0.1, -0.05) is 0 Å². The third kappa shape index (κ3) is 2.40. The zero-order valence-corrected chi connectivity index (χ0v) is 7.03. The van der Waals surface area contributed by atoms with Gasteiger partial charge in [-0.25, -0.2) is 5.06 Å². The summed E-state index contributed by atoms with van der Waals surface area (Å²) in [7, 11) is 1.99. The van der Waals surface area contributed by atoms with Crippen molar-refractivity contribution in [3.05, 3.63) is 12.4 Å². The number of nitrogens with two attached hydrogens (primary N) is 1. The topological polar surface area (TPSA) is 41.7 Å². The minimum atomic E-state index is 0.0890. The maximum Gasteiger partial charge on any atom is 0.115 e. The van der Waals surface area contributed by atoms with E-state index in [4.69, 9.17) is 10.6 Å². The van der Waals surface area contributed by atoms with E-state index in [2.05, 4.69) is 0 Å². The number of hydroxylamine groups is 2. The van der Waals surface area contributed by atoms with Crippen molar-refractivity contribution >= 4 is 0 Å². The van der Waals surface area contributed by atoms with Crippen molar-refractivity contribution in [2.45, 2.75) is 13.0 Å². The number of nitrogens with zero attached hydrogens (tertiary/aromatic N) is 2. The molecule has 1 unspecified atom stereocenters. The summed E-state index contributed by atoms with van der Waals surface area (Å²) in [5.74, 6) is 0. The summed E-state index contributed by atoms with van der Waals surface area (Å²) < 4.78 is 0. The predicted molar refractivity (Wildman–Crippen MR) is 43.2 cm³/mol. The molecule has 0 aromatic heterocycles. The van der Waals surface area contributed by atoms with Crippen molar-refractivity contribution in [3.63, 3.8) is 0 Å². The third-order valence-electron chi connectivity index (χ3n) is 1.50. The van der Waals surface area contributed by atoms with E-state index in [0.29, 0.717) is 6.54 Å². The third-order valence-corrected chi connectivity index (χ3v) is 1.50. The van der Waals surface area contributed by atoms with Crippen molar-refractivity contribution in [2.24, 2.45) is 5.73 Å². The maximum atomic E-state index is 5.41. The van der Waals surface area contributed by atoms with Gasteiger partial charge >= 0.3 is 0 Å². The average molecular weight is 157 g/mol. The predicted octanol–water partition coefficient (Wildman–Crippen LogP) is -0.0587. The normalized spacial score (nSPS) is 19.5. The van der Waals surface area contributed by atoms with Crippen LogP contribution in [0.25, 0.3) is 0 Å². The molecule has 64 valence electrons. The molecule has 1 rings (SSSR count). The van der Waals surface area contributed by atoms with Gasteiger partial charge in [-0.05, 0) is 6.92 Å². The molecule has 0 bridgehead atoms. The SMILES string of the molecule is CC(CN)ON1C=CN(C)C1. The molecule has 1 heterocycles. The van der Waals surface area contributed by atoms with Gasteiger partial charge in [-0.3, -0.25) is 4.84 Å². The number of hydrogen-bond acceptors (Lipinski definition) is 4. The van der Waals surface area contributed by atoms with Gasteiger partial charge in [0.2, 0.25) is 0 Å². The van der Waals surface area contributed by atoms with E-state index in [0.717, 1.165) is 6.67 Å². The van der Waals surface area contributed by atoms with Gasteiger partial charge in [-0.15, -0.1) is 0 Å². The molecule has 4 heteroatoms. The van der Waals surface area contributed by atoms with Crippen LogP contribution in [0.4, 0.5) is 0 Å². The first-order valence-electron chi connectivity index (χ1n) is 3.74. The van der Waals surface area contributed by atoms with E-state index in [1.807, 2.05) is 31.3 Å². The van der Waals surface area contributed by atoms with Crippen LogP contribution in [0.3, 0.4) is 0 Å². The van der Waals surface area contributed by atoms with Gasteiger partial charge in [-0.2, -0.15) is 0 Å². The van der Waals surface area contributed by atoms with E-state index in [9.17, 15) is 0 Å². The van der Waals surface area contributed by atoms with Crippen LogP contribution in [0.5, 0.6) is 0 Å². The van der Waals surface area contributed by atoms with Crippen LogP contribution in [0.15, 0.2) is 12.4 Å². The Morgan fingerprint density at radius 1 is 1.64 bits per heavy atom. The van der Waals surface area contributed by atoms with Crippen LogP contribution in [0.2, 0.25) is 0 Å². The molecule has 4 nitrogen and oxygen atoms in total. The molecule has 0 radical (unpaired) electrons. The molecule has 2 N–H and O–H groups in total. The monoisotopic (exact) mass is 157 g/mol. The lowest BCUT2D eigenvalue weighted by molar-refractivity contribution is -0.160. The summed E-state index contributed by atoms with van der Waals surface area (Å²) in [4.78, 5) is 7.44. The molecule has 0 spiro atoms. The van der Waals surface area contributed by atoms with Gasteiger partial charge in [0, 0.05) is 26.0 Å². The van der Waals surface area contributed by atoms with Crippen LogP contribution < -0.4 is 5.73 Å². The fourth-order valence-electron chi connectivity index (χ4n) is 0.845. The number of rotatable bonds is 3. The summed E-state index contributed by atoms with van der Waals surface area (Å²) in [5, 5.41) is 1.78. The molecule has 1 aliphatic heterocycles. The fourth-order valence-corrected chi connectivity index (χ4v) is 0.845. The van der Waals surface area contributed by atoms with Gasteiger partial charge in [0.25, 0.3) is 0 Å². The minimum Gasteiger partial charge on any atom is -0.360 e. The van der Waals surface area contributed by atoms with Crippen molar-refractivity contribution in [1.82, 2.24) is 9.96 Å². The second-order valence-electron chi connectivity index (χ2n) is 2.77. The highest BCUT2D eigenvalue weighted by atomic mass is 16.7. The molecule has 0 amide bonds. The molecule has 0 aromatic carbocycles. The van der Waals surface area contributed by atoms with Crippen LogP contribution in [0.1, 0.15) is 6.92 Å². The van der Waals surface area contributed by atoms with E-state index < -0.39 is 0 Å². The van der Waals surface area contributed by atoms with Crippen molar-refractivity contribution in [2.75, 3.05) is 20.3 Å². The Balaban J connectivity index is 2.24. The first kappa shape index (κ1) is 8.36. The molecular formula is C7H15N3O. The first-order valence-corrected chi connectivity index (χ1v) is 3.74. The lowest BCUT2D eigenvalue weighted by atomic mass is 10.4. The highest BCUT2D eigenvalue weighted by Crippen LogP contribution is 2.05. The van der Waals surface area contributed by atoms with Gasteiger partial charge in [0.1, 0.15) is 6.67 Å². The quantitative estimate of drug-likeness (QED) is 0.623. The molecule has 0 saturated heterocycles. The van der Waals surface area contributed by atoms with Gasteiger partial charge < -0.3 is 10.6 Å². The summed E-state index contributed by atoms with van der Waals surface area (Å²) in [6.45, 7) is 3.28. The maximum absolute atomic E-state index is 5.41. The van der Waals surface area contributed by atoms with Gasteiger partial charge in [0.05, 0.1) is 6.10 Å².